The van der Waals surface area contributed by atoms with Gasteiger partial charge in [0.05, 0.1) is 7.11 Å². The Morgan fingerprint density at radius 1 is 1.00 bits per heavy atom. The first-order valence-corrected chi connectivity index (χ1v) is 8.38. The lowest BCUT2D eigenvalue weighted by Gasteiger charge is -2.36. The smallest absolute Gasteiger partial charge is 0.134 e. The van der Waals surface area contributed by atoms with Gasteiger partial charge in [-0.25, -0.2) is 9.97 Å². The zero-order valence-corrected chi connectivity index (χ0v) is 14.6. The molecule has 1 N–H and O–H groups in total. The molecule has 2 heterocycles. The first-order valence-electron chi connectivity index (χ1n) is 8.38. The van der Waals surface area contributed by atoms with Crippen molar-refractivity contribution >= 4 is 17.3 Å². The second-order valence-electron chi connectivity index (χ2n) is 6.23. The Morgan fingerprint density at radius 2 is 1.67 bits per heavy atom. The highest BCUT2D eigenvalue weighted by Gasteiger charge is 2.19. The van der Waals surface area contributed by atoms with Crippen LogP contribution in [0.2, 0.25) is 0 Å². The number of piperazine rings is 1. The minimum absolute atomic E-state index is 0.361. The molecule has 0 aliphatic carbocycles. The zero-order chi connectivity index (χ0) is 16.9. The van der Waals surface area contributed by atoms with E-state index in [4.69, 9.17) is 4.74 Å². The van der Waals surface area contributed by atoms with Crippen LogP contribution >= 0.6 is 0 Å². The summed E-state index contributed by atoms with van der Waals surface area (Å²) in [5.74, 6) is 2.76. The Balaban J connectivity index is 1.62. The van der Waals surface area contributed by atoms with E-state index in [1.54, 1.807) is 13.4 Å². The number of hydrogen-bond acceptors (Lipinski definition) is 6. The summed E-state index contributed by atoms with van der Waals surface area (Å²) in [6.45, 7) is 8.06. The van der Waals surface area contributed by atoms with Gasteiger partial charge in [-0.2, -0.15) is 0 Å². The van der Waals surface area contributed by atoms with Crippen molar-refractivity contribution in [2.24, 2.45) is 0 Å². The zero-order valence-electron chi connectivity index (χ0n) is 14.6. The summed E-state index contributed by atoms with van der Waals surface area (Å²) in [7, 11) is 1.69. The van der Waals surface area contributed by atoms with Crippen LogP contribution in [0.15, 0.2) is 36.7 Å². The molecule has 1 aromatic carbocycles. The summed E-state index contributed by atoms with van der Waals surface area (Å²) < 4.78 is 5.22. The molecule has 6 heteroatoms. The molecular formula is C18H25N5O. The van der Waals surface area contributed by atoms with Crippen molar-refractivity contribution in [2.45, 2.75) is 19.9 Å². The molecule has 0 saturated carbocycles. The van der Waals surface area contributed by atoms with Crippen molar-refractivity contribution in [1.82, 2.24) is 9.97 Å². The lowest BCUT2D eigenvalue weighted by molar-refractivity contribution is 0.415. The second-order valence-corrected chi connectivity index (χ2v) is 6.23. The average molecular weight is 327 g/mol. The summed E-state index contributed by atoms with van der Waals surface area (Å²) in [4.78, 5) is 13.4. The molecule has 1 saturated heterocycles. The van der Waals surface area contributed by atoms with Crippen LogP contribution in [0.5, 0.6) is 5.75 Å². The third-order valence-electron chi connectivity index (χ3n) is 4.13. The molecule has 1 aromatic heterocycles. The number of hydrogen-bond donors (Lipinski definition) is 1. The predicted octanol–water partition coefficient (Wildman–Crippen LogP) is 2.63. The third kappa shape index (κ3) is 3.88. The number of ether oxygens (including phenoxy) is 1. The molecule has 24 heavy (non-hydrogen) atoms. The molecule has 1 aliphatic rings. The first-order chi connectivity index (χ1) is 11.7. The van der Waals surface area contributed by atoms with Gasteiger partial charge in [-0.15, -0.1) is 0 Å². The van der Waals surface area contributed by atoms with Gasteiger partial charge in [0.25, 0.3) is 0 Å². The van der Waals surface area contributed by atoms with Gasteiger partial charge >= 0.3 is 0 Å². The van der Waals surface area contributed by atoms with Crippen LogP contribution < -0.4 is 19.9 Å². The quantitative estimate of drug-likeness (QED) is 0.911. The number of methoxy groups -OCH3 is 1. The molecule has 6 nitrogen and oxygen atoms in total. The van der Waals surface area contributed by atoms with Crippen molar-refractivity contribution in [3.8, 4) is 5.75 Å². The van der Waals surface area contributed by atoms with E-state index in [0.717, 1.165) is 43.6 Å². The van der Waals surface area contributed by atoms with Gasteiger partial charge in [0.1, 0.15) is 23.7 Å². The number of anilines is 3. The maximum atomic E-state index is 5.22. The molecule has 0 atom stereocenters. The van der Waals surface area contributed by atoms with E-state index < -0.39 is 0 Å². The van der Waals surface area contributed by atoms with Gasteiger partial charge in [-0.3, -0.25) is 0 Å². The SMILES string of the molecule is COc1ccc(N2CCN(c3cc(NC(C)C)ncn3)CC2)cc1. The molecule has 3 rings (SSSR count). The van der Waals surface area contributed by atoms with E-state index in [-0.39, 0.29) is 0 Å². The van der Waals surface area contributed by atoms with Crippen LogP contribution in [0.3, 0.4) is 0 Å². The van der Waals surface area contributed by atoms with E-state index in [1.165, 1.54) is 5.69 Å². The maximum Gasteiger partial charge on any atom is 0.134 e. The third-order valence-corrected chi connectivity index (χ3v) is 4.13. The number of nitrogens with one attached hydrogen (secondary N) is 1. The van der Waals surface area contributed by atoms with Crippen molar-refractivity contribution < 1.29 is 4.74 Å². The largest absolute Gasteiger partial charge is 0.497 e. The molecule has 128 valence electrons. The minimum atomic E-state index is 0.361. The van der Waals surface area contributed by atoms with E-state index >= 15 is 0 Å². The Kier molecular flexibility index (Phi) is 5.03. The first kappa shape index (κ1) is 16.4. The van der Waals surface area contributed by atoms with Gasteiger partial charge in [0, 0.05) is 44.0 Å². The minimum Gasteiger partial charge on any atom is -0.497 e. The molecular weight excluding hydrogens is 302 g/mol. The Labute approximate surface area is 143 Å². The number of aromatic nitrogens is 2. The van der Waals surface area contributed by atoms with Gasteiger partial charge in [0.2, 0.25) is 0 Å². The number of nitrogens with zero attached hydrogens (tertiary/aromatic N) is 4. The van der Waals surface area contributed by atoms with Crippen LogP contribution in [0, 0.1) is 0 Å². The second kappa shape index (κ2) is 7.38. The van der Waals surface area contributed by atoms with Crippen LogP contribution in [0.1, 0.15) is 13.8 Å². The van der Waals surface area contributed by atoms with Crippen LogP contribution in [0.4, 0.5) is 17.3 Å². The molecule has 2 aromatic rings. The Hall–Kier alpha value is -2.50. The van der Waals surface area contributed by atoms with Crippen molar-refractivity contribution in [1.29, 1.82) is 0 Å². The van der Waals surface area contributed by atoms with Crippen molar-refractivity contribution in [3.63, 3.8) is 0 Å². The molecule has 0 spiro atoms. The Morgan fingerprint density at radius 3 is 2.29 bits per heavy atom. The van der Waals surface area contributed by atoms with E-state index in [1.807, 2.05) is 18.2 Å². The Bertz CT molecular complexity index is 651. The molecule has 1 fully saturated rings. The normalized spacial score (nSPS) is 14.8. The van der Waals surface area contributed by atoms with Crippen molar-refractivity contribution in [3.05, 3.63) is 36.7 Å². The average Bonchev–Trinajstić information content (AvgIpc) is 2.62. The highest BCUT2D eigenvalue weighted by Crippen LogP contribution is 2.22. The van der Waals surface area contributed by atoms with Gasteiger partial charge < -0.3 is 19.9 Å². The summed E-state index contributed by atoms with van der Waals surface area (Å²) in [5, 5.41) is 3.33. The number of benzene rings is 1. The number of rotatable bonds is 5. The predicted molar refractivity (Wildman–Crippen MR) is 98.2 cm³/mol. The lowest BCUT2D eigenvalue weighted by atomic mass is 10.2. The molecule has 0 unspecified atom stereocenters. The van der Waals surface area contributed by atoms with E-state index in [2.05, 4.69) is 51.1 Å². The molecule has 0 amide bonds. The molecule has 0 radical (unpaired) electrons. The van der Waals surface area contributed by atoms with Gasteiger partial charge in [-0.1, -0.05) is 0 Å². The highest BCUT2D eigenvalue weighted by atomic mass is 16.5. The summed E-state index contributed by atoms with van der Waals surface area (Å²) in [6.07, 6.45) is 1.63. The van der Waals surface area contributed by atoms with Crippen LogP contribution in [-0.2, 0) is 0 Å². The maximum absolute atomic E-state index is 5.22. The van der Waals surface area contributed by atoms with Crippen LogP contribution in [0.25, 0.3) is 0 Å². The molecule has 1 aliphatic heterocycles. The lowest BCUT2D eigenvalue weighted by Crippen LogP contribution is -2.46. The van der Waals surface area contributed by atoms with E-state index in [0.29, 0.717) is 6.04 Å². The van der Waals surface area contributed by atoms with Gasteiger partial charge in [-0.05, 0) is 38.1 Å². The summed E-state index contributed by atoms with van der Waals surface area (Å²) in [6, 6.07) is 10.6. The fourth-order valence-electron chi connectivity index (χ4n) is 2.88. The fraction of sp³-hybridized carbons (Fsp3) is 0.444. The standard InChI is InChI=1S/C18H25N5O/c1-14(2)21-17-12-18(20-13-19-17)23-10-8-22(9-11-23)15-4-6-16(24-3)7-5-15/h4-7,12-14H,8-11H2,1-3H3,(H,19,20,21). The van der Waals surface area contributed by atoms with E-state index in [9.17, 15) is 0 Å². The monoisotopic (exact) mass is 327 g/mol. The fourth-order valence-corrected chi connectivity index (χ4v) is 2.88. The van der Waals surface area contributed by atoms with Gasteiger partial charge in [0.15, 0.2) is 0 Å². The summed E-state index contributed by atoms with van der Waals surface area (Å²) in [5.41, 5.74) is 1.24. The molecule has 0 bridgehead atoms. The van der Waals surface area contributed by atoms with Crippen LogP contribution in [-0.4, -0.2) is 49.3 Å². The summed E-state index contributed by atoms with van der Waals surface area (Å²) >= 11 is 0. The highest BCUT2D eigenvalue weighted by molar-refractivity contribution is 5.53. The topological polar surface area (TPSA) is 53.5 Å². The van der Waals surface area contributed by atoms with Crippen molar-refractivity contribution in [2.75, 3.05) is 48.4 Å².